The van der Waals surface area contributed by atoms with E-state index in [1.54, 1.807) is 42.5 Å². The Morgan fingerprint density at radius 3 is 2.60 bits per heavy atom. The number of hydrogen-bond donors (Lipinski definition) is 1. The number of hydrogen-bond acceptors (Lipinski definition) is 4. The molecule has 0 radical (unpaired) electrons. The molecular formula is C22H24Cl2N2O4. The molecule has 2 aromatic carbocycles. The highest BCUT2D eigenvalue weighted by atomic mass is 35.5. The quantitative estimate of drug-likeness (QED) is 0.635. The van der Waals surface area contributed by atoms with E-state index in [0.717, 1.165) is 19.4 Å². The Kier molecular flexibility index (Phi) is 7.96. The number of amides is 2. The van der Waals surface area contributed by atoms with Gasteiger partial charge in [0.2, 0.25) is 5.91 Å². The van der Waals surface area contributed by atoms with Crippen LogP contribution in [0.4, 0.5) is 5.69 Å². The van der Waals surface area contributed by atoms with E-state index in [-0.39, 0.29) is 24.5 Å². The van der Waals surface area contributed by atoms with Crippen molar-refractivity contribution in [3.63, 3.8) is 0 Å². The minimum absolute atomic E-state index is 0.0943. The molecule has 2 amide bonds. The van der Waals surface area contributed by atoms with Gasteiger partial charge in [-0.3, -0.25) is 9.59 Å². The molecule has 0 aromatic heterocycles. The zero-order chi connectivity index (χ0) is 21.5. The molecule has 3 rings (SSSR count). The lowest BCUT2D eigenvalue weighted by atomic mass is 10.2. The first-order chi connectivity index (χ1) is 14.5. The SMILES string of the molecule is CCN(CC(=O)Nc1c(Cl)cccc1Cl)C(=O)c1cccc(OCC2CCCO2)c1. The van der Waals surface area contributed by atoms with Gasteiger partial charge < -0.3 is 19.7 Å². The van der Waals surface area contributed by atoms with E-state index in [0.29, 0.717) is 40.2 Å². The standard InChI is InChI=1S/C22H24Cl2N2O4/c1-2-26(13-20(27)25-21-18(23)9-4-10-19(21)24)22(28)15-6-3-7-16(12-15)30-14-17-8-5-11-29-17/h3-4,6-7,9-10,12,17H,2,5,8,11,13-14H2,1H3,(H,25,27). The van der Waals surface area contributed by atoms with Gasteiger partial charge in [-0.2, -0.15) is 0 Å². The minimum atomic E-state index is -0.383. The molecule has 1 unspecified atom stereocenters. The van der Waals surface area contributed by atoms with Crippen molar-refractivity contribution in [3.05, 3.63) is 58.1 Å². The van der Waals surface area contributed by atoms with Crippen LogP contribution < -0.4 is 10.1 Å². The van der Waals surface area contributed by atoms with Crippen molar-refractivity contribution in [3.8, 4) is 5.75 Å². The van der Waals surface area contributed by atoms with Crippen LogP contribution in [-0.4, -0.2) is 49.1 Å². The molecule has 1 N–H and O–H groups in total. The molecule has 0 bridgehead atoms. The number of benzene rings is 2. The molecule has 1 aliphatic rings. The van der Waals surface area contributed by atoms with Crippen molar-refractivity contribution < 1.29 is 19.1 Å². The fourth-order valence-electron chi connectivity index (χ4n) is 3.16. The van der Waals surface area contributed by atoms with E-state index in [4.69, 9.17) is 32.7 Å². The lowest BCUT2D eigenvalue weighted by Gasteiger charge is -2.21. The van der Waals surface area contributed by atoms with Crippen molar-refractivity contribution in [1.82, 2.24) is 4.90 Å². The van der Waals surface area contributed by atoms with Crippen molar-refractivity contribution in [2.75, 3.05) is 31.6 Å². The number of nitrogens with zero attached hydrogens (tertiary/aromatic N) is 1. The highest BCUT2D eigenvalue weighted by Crippen LogP contribution is 2.29. The van der Waals surface area contributed by atoms with E-state index < -0.39 is 0 Å². The van der Waals surface area contributed by atoms with Gasteiger partial charge >= 0.3 is 0 Å². The predicted molar refractivity (Wildman–Crippen MR) is 118 cm³/mol. The Balaban J connectivity index is 1.62. The van der Waals surface area contributed by atoms with Gasteiger partial charge in [-0.15, -0.1) is 0 Å². The number of anilines is 1. The topological polar surface area (TPSA) is 67.9 Å². The number of carbonyl (C=O) groups excluding carboxylic acids is 2. The third-order valence-electron chi connectivity index (χ3n) is 4.77. The van der Waals surface area contributed by atoms with Crippen LogP contribution in [0.25, 0.3) is 0 Å². The molecule has 6 nitrogen and oxygen atoms in total. The lowest BCUT2D eigenvalue weighted by molar-refractivity contribution is -0.116. The van der Waals surface area contributed by atoms with Crippen LogP contribution in [0.3, 0.4) is 0 Å². The van der Waals surface area contributed by atoms with Gasteiger partial charge in [0.1, 0.15) is 18.9 Å². The van der Waals surface area contributed by atoms with Crippen LogP contribution in [-0.2, 0) is 9.53 Å². The maximum absolute atomic E-state index is 12.9. The van der Waals surface area contributed by atoms with Crippen molar-refractivity contribution in [2.45, 2.75) is 25.9 Å². The van der Waals surface area contributed by atoms with E-state index in [2.05, 4.69) is 5.32 Å². The van der Waals surface area contributed by atoms with E-state index in [9.17, 15) is 9.59 Å². The maximum atomic E-state index is 12.9. The largest absolute Gasteiger partial charge is 0.491 e. The van der Waals surface area contributed by atoms with Crippen LogP contribution in [0.5, 0.6) is 5.75 Å². The second kappa shape index (κ2) is 10.7. The summed E-state index contributed by atoms with van der Waals surface area (Å²) in [5.41, 5.74) is 0.782. The summed E-state index contributed by atoms with van der Waals surface area (Å²) in [7, 11) is 0. The van der Waals surface area contributed by atoms with Crippen molar-refractivity contribution in [1.29, 1.82) is 0 Å². The monoisotopic (exact) mass is 450 g/mol. The first kappa shape index (κ1) is 22.4. The maximum Gasteiger partial charge on any atom is 0.254 e. The highest BCUT2D eigenvalue weighted by molar-refractivity contribution is 6.39. The summed E-state index contributed by atoms with van der Waals surface area (Å²) in [6.07, 6.45) is 2.11. The van der Waals surface area contributed by atoms with E-state index >= 15 is 0 Å². The average molecular weight is 451 g/mol. The molecule has 1 atom stereocenters. The molecule has 8 heteroatoms. The number of rotatable bonds is 8. The summed E-state index contributed by atoms with van der Waals surface area (Å²) in [6.45, 7) is 3.27. The summed E-state index contributed by atoms with van der Waals surface area (Å²) in [6, 6.07) is 11.9. The first-order valence-electron chi connectivity index (χ1n) is 9.85. The Bertz CT molecular complexity index is 880. The Morgan fingerprint density at radius 1 is 1.20 bits per heavy atom. The van der Waals surface area contributed by atoms with Gasteiger partial charge in [-0.05, 0) is 50.1 Å². The zero-order valence-electron chi connectivity index (χ0n) is 16.7. The molecule has 1 saturated heterocycles. The Labute approximate surface area is 186 Å². The van der Waals surface area contributed by atoms with Crippen LogP contribution in [0.2, 0.25) is 10.0 Å². The first-order valence-corrected chi connectivity index (χ1v) is 10.6. The van der Waals surface area contributed by atoms with Crippen LogP contribution in [0, 0.1) is 0 Å². The molecule has 0 saturated carbocycles. The molecular weight excluding hydrogens is 427 g/mol. The second-order valence-electron chi connectivity index (χ2n) is 6.94. The van der Waals surface area contributed by atoms with Crippen molar-refractivity contribution >= 4 is 40.7 Å². The fourth-order valence-corrected chi connectivity index (χ4v) is 3.66. The number of ether oxygens (including phenoxy) is 2. The van der Waals surface area contributed by atoms with Gasteiger partial charge in [-0.25, -0.2) is 0 Å². The Morgan fingerprint density at radius 2 is 1.93 bits per heavy atom. The van der Waals surface area contributed by atoms with Crippen LogP contribution in [0.1, 0.15) is 30.1 Å². The molecule has 160 valence electrons. The number of nitrogens with one attached hydrogen (secondary N) is 1. The fraction of sp³-hybridized carbons (Fsp3) is 0.364. The van der Waals surface area contributed by atoms with Gasteiger partial charge in [0.25, 0.3) is 5.91 Å². The summed E-state index contributed by atoms with van der Waals surface area (Å²) in [5.74, 6) is -0.0498. The van der Waals surface area contributed by atoms with Crippen LogP contribution >= 0.6 is 23.2 Å². The number of likely N-dealkylation sites (N-methyl/N-ethyl adjacent to an activating group) is 1. The number of carbonyl (C=O) groups is 2. The third kappa shape index (κ3) is 5.88. The molecule has 0 aliphatic carbocycles. The van der Waals surface area contributed by atoms with Gasteiger partial charge in [-0.1, -0.05) is 35.3 Å². The summed E-state index contributed by atoms with van der Waals surface area (Å²) >= 11 is 12.2. The lowest BCUT2D eigenvalue weighted by Crippen LogP contribution is -2.38. The minimum Gasteiger partial charge on any atom is -0.491 e. The molecule has 30 heavy (non-hydrogen) atoms. The smallest absolute Gasteiger partial charge is 0.254 e. The van der Waals surface area contributed by atoms with E-state index in [1.807, 2.05) is 6.92 Å². The molecule has 1 heterocycles. The number of halogens is 2. The molecule has 2 aromatic rings. The van der Waals surface area contributed by atoms with Gasteiger partial charge in [0.15, 0.2) is 0 Å². The summed E-state index contributed by atoms with van der Waals surface area (Å²) < 4.78 is 11.3. The molecule has 1 aliphatic heterocycles. The second-order valence-corrected chi connectivity index (χ2v) is 7.75. The average Bonchev–Trinajstić information content (AvgIpc) is 3.27. The van der Waals surface area contributed by atoms with Gasteiger partial charge in [0, 0.05) is 18.7 Å². The Hall–Kier alpha value is -2.28. The summed E-state index contributed by atoms with van der Waals surface area (Å²) in [5, 5.41) is 3.35. The third-order valence-corrected chi connectivity index (χ3v) is 5.40. The van der Waals surface area contributed by atoms with Crippen molar-refractivity contribution in [2.24, 2.45) is 0 Å². The van der Waals surface area contributed by atoms with Crippen LogP contribution in [0.15, 0.2) is 42.5 Å². The van der Waals surface area contributed by atoms with E-state index in [1.165, 1.54) is 4.90 Å². The molecule has 1 fully saturated rings. The normalized spacial score (nSPS) is 15.6. The number of para-hydroxylation sites is 1. The summed E-state index contributed by atoms with van der Waals surface area (Å²) in [4.78, 5) is 26.8. The molecule has 0 spiro atoms. The predicted octanol–water partition coefficient (Wildman–Crippen LogP) is 4.65. The van der Waals surface area contributed by atoms with Gasteiger partial charge in [0.05, 0.1) is 21.8 Å². The zero-order valence-corrected chi connectivity index (χ0v) is 18.2. The highest BCUT2D eigenvalue weighted by Gasteiger charge is 2.20.